The quantitative estimate of drug-likeness (QED) is 0.626. The van der Waals surface area contributed by atoms with Crippen LogP contribution in [-0.4, -0.2) is 26.2 Å². The number of hydrogen-bond donors (Lipinski definition) is 1. The van der Waals surface area contributed by atoms with Crippen molar-refractivity contribution in [1.29, 1.82) is 5.26 Å². The number of carbonyl (C=O) groups is 1. The molecule has 0 amide bonds. The van der Waals surface area contributed by atoms with E-state index in [2.05, 4.69) is 18.0 Å². The van der Waals surface area contributed by atoms with Crippen molar-refractivity contribution in [2.75, 3.05) is 25.6 Å². The number of methoxy groups -OCH3 is 1. The van der Waals surface area contributed by atoms with Gasteiger partial charge in [-0.15, -0.1) is 0 Å². The fourth-order valence-electron chi connectivity index (χ4n) is 1.48. The molecule has 0 atom stereocenters. The monoisotopic (exact) mass is 260 g/mol. The second kappa shape index (κ2) is 7.07. The number of ether oxygens (including phenoxy) is 2. The lowest BCUT2D eigenvalue weighted by atomic mass is 10.1. The highest BCUT2D eigenvalue weighted by molar-refractivity contribution is 5.89. The van der Waals surface area contributed by atoms with Crippen molar-refractivity contribution < 1.29 is 14.3 Å². The summed E-state index contributed by atoms with van der Waals surface area (Å²) in [5.74, 6) is 0.0825. The summed E-state index contributed by atoms with van der Waals surface area (Å²) in [5.41, 5.74) is 1.27. The van der Waals surface area contributed by atoms with E-state index < -0.39 is 5.97 Å². The minimum Gasteiger partial charge on any atom is -0.495 e. The van der Waals surface area contributed by atoms with Crippen LogP contribution < -0.4 is 10.1 Å². The first-order chi connectivity index (χ1) is 9.13. The van der Waals surface area contributed by atoms with Crippen LogP contribution in [0, 0.1) is 11.3 Å². The van der Waals surface area contributed by atoms with Crippen LogP contribution in [0.15, 0.2) is 30.4 Å². The predicted molar refractivity (Wildman–Crippen MR) is 72.0 cm³/mol. The second-order valence-electron chi connectivity index (χ2n) is 3.67. The van der Waals surface area contributed by atoms with Gasteiger partial charge in [-0.05, 0) is 19.1 Å². The highest BCUT2D eigenvalue weighted by Crippen LogP contribution is 2.27. The maximum Gasteiger partial charge on any atom is 0.335 e. The molecule has 0 aliphatic heterocycles. The molecule has 1 aromatic carbocycles. The maximum atomic E-state index is 11.4. The summed E-state index contributed by atoms with van der Waals surface area (Å²) < 4.78 is 10.00. The number of para-hydroxylation sites is 1. The topological polar surface area (TPSA) is 71.3 Å². The molecular formula is C14H16N2O3. The summed E-state index contributed by atoms with van der Waals surface area (Å²) in [5, 5.41) is 12.0. The summed E-state index contributed by atoms with van der Waals surface area (Å²) in [7, 11) is 1.52. The first kappa shape index (κ1) is 14.6. The molecule has 0 unspecified atom stereocenters. The van der Waals surface area contributed by atoms with E-state index in [4.69, 9.17) is 14.7 Å². The zero-order chi connectivity index (χ0) is 14.3. The van der Waals surface area contributed by atoms with E-state index in [1.165, 1.54) is 7.11 Å². The van der Waals surface area contributed by atoms with E-state index in [9.17, 15) is 4.79 Å². The molecule has 19 heavy (non-hydrogen) atoms. The molecule has 1 rings (SSSR count). The average molecular weight is 260 g/mol. The molecule has 0 fully saturated rings. The van der Waals surface area contributed by atoms with Crippen molar-refractivity contribution in [3.05, 3.63) is 35.9 Å². The van der Waals surface area contributed by atoms with Crippen LogP contribution in [0.1, 0.15) is 12.5 Å². The second-order valence-corrected chi connectivity index (χ2v) is 3.67. The molecule has 0 heterocycles. The van der Waals surface area contributed by atoms with Gasteiger partial charge in [0.15, 0.2) is 0 Å². The number of anilines is 1. The van der Waals surface area contributed by atoms with E-state index in [0.717, 1.165) is 0 Å². The molecule has 1 N–H and O–H groups in total. The summed E-state index contributed by atoms with van der Waals surface area (Å²) in [6.45, 7) is 5.86. The van der Waals surface area contributed by atoms with Crippen molar-refractivity contribution >= 4 is 11.7 Å². The Kier molecular flexibility index (Phi) is 5.42. The Morgan fingerprint density at radius 2 is 2.26 bits per heavy atom. The first-order valence-corrected chi connectivity index (χ1v) is 5.79. The summed E-state index contributed by atoms with van der Waals surface area (Å²) in [6, 6.07) is 7.18. The van der Waals surface area contributed by atoms with Gasteiger partial charge in [-0.25, -0.2) is 4.79 Å². The van der Waals surface area contributed by atoms with Crippen LogP contribution in [0.2, 0.25) is 0 Å². The van der Waals surface area contributed by atoms with Crippen LogP contribution in [0.25, 0.3) is 0 Å². The summed E-state index contributed by atoms with van der Waals surface area (Å²) >= 11 is 0. The standard InChI is InChI=1S/C14H16N2O3/c1-4-19-14(17)10(2)9-16-13-11(8-15)6-5-7-12(13)18-3/h5-7,16H,2,4,9H2,1,3H3. The smallest absolute Gasteiger partial charge is 0.335 e. The predicted octanol–water partition coefficient (Wildman–Crippen LogP) is 2.10. The Balaban J connectivity index is 2.80. The zero-order valence-corrected chi connectivity index (χ0v) is 11.0. The number of esters is 1. The molecule has 0 aliphatic rings. The van der Waals surface area contributed by atoms with Gasteiger partial charge in [0.25, 0.3) is 0 Å². The third-order valence-electron chi connectivity index (χ3n) is 2.41. The van der Waals surface area contributed by atoms with Gasteiger partial charge in [0.2, 0.25) is 0 Å². The number of hydrogen-bond acceptors (Lipinski definition) is 5. The van der Waals surface area contributed by atoms with Gasteiger partial charge in [-0.3, -0.25) is 0 Å². The number of nitrogens with one attached hydrogen (secondary N) is 1. The van der Waals surface area contributed by atoms with Gasteiger partial charge in [0, 0.05) is 12.1 Å². The molecule has 5 heteroatoms. The minimum absolute atomic E-state index is 0.188. The van der Waals surface area contributed by atoms with Gasteiger partial charge < -0.3 is 14.8 Å². The van der Waals surface area contributed by atoms with Crippen LogP contribution >= 0.6 is 0 Å². The van der Waals surface area contributed by atoms with E-state index in [-0.39, 0.29) is 12.1 Å². The molecule has 0 bridgehead atoms. The van der Waals surface area contributed by atoms with Crippen LogP contribution in [0.4, 0.5) is 5.69 Å². The van der Waals surface area contributed by atoms with Gasteiger partial charge in [-0.1, -0.05) is 12.6 Å². The van der Waals surface area contributed by atoms with Gasteiger partial charge >= 0.3 is 5.97 Å². The Morgan fingerprint density at radius 1 is 1.53 bits per heavy atom. The fraction of sp³-hybridized carbons (Fsp3) is 0.286. The average Bonchev–Trinajstić information content (AvgIpc) is 2.44. The number of nitriles is 1. The fourth-order valence-corrected chi connectivity index (χ4v) is 1.48. The van der Waals surface area contributed by atoms with Gasteiger partial charge in [0.05, 0.1) is 25.0 Å². The molecule has 1 aromatic rings. The maximum absolute atomic E-state index is 11.4. The van der Waals surface area contributed by atoms with Crippen molar-refractivity contribution in [1.82, 2.24) is 0 Å². The highest BCUT2D eigenvalue weighted by Gasteiger charge is 2.11. The normalized spacial score (nSPS) is 9.32. The van der Waals surface area contributed by atoms with E-state index >= 15 is 0 Å². The molecule has 0 saturated carbocycles. The third kappa shape index (κ3) is 3.75. The lowest BCUT2D eigenvalue weighted by molar-refractivity contribution is -0.138. The number of rotatable bonds is 6. The van der Waals surface area contributed by atoms with E-state index in [0.29, 0.717) is 23.6 Å². The van der Waals surface area contributed by atoms with E-state index in [1.54, 1.807) is 25.1 Å². The largest absolute Gasteiger partial charge is 0.495 e. The number of carbonyl (C=O) groups excluding carboxylic acids is 1. The Hall–Kier alpha value is -2.48. The lowest BCUT2D eigenvalue weighted by Crippen LogP contribution is -2.15. The SMILES string of the molecule is C=C(CNc1c(C#N)cccc1OC)C(=O)OCC. The molecule has 0 radical (unpaired) electrons. The molecule has 5 nitrogen and oxygen atoms in total. The minimum atomic E-state index is -0.455. The number of nitrogens with zero attached hydrogens (tertiary/aromatic N) is 1. The van der Waals surface area contributed by atoms with Gasteiger partial charge in [-0.2, -0.15) is 5.26 Å². The van der Waals surface area contributed by atoms with Gasteiger partial charge in [0.1, 0.15) is 11.8 Å². The summed E-state index contributed by atoms with van der Waals surface area (Å²) in [6.07, 6.45) is 0. The third-order valence-corrected chi connectivity index (χ3v) is 2.41. The van der Waals surface area contributed by atoms with E-state index in [1.807, 2.05) is 0 Å². The highest BCUT2D eigenvalue weighted by atomic mass is 16.5. The molecule has 0 saturated heterocycles. The molecule has 0 aliphatic carbocycles. The van der Waals surface area contributed by atoms with Crippen LogP contribution in [0.3, 0.4) is 0 Å². The van der Waals surface area contributed by atoms with Crippen LogP contribution in [-0.2, 0) is 9.53 Å². The molecular weight excluding hydrogens is 244 g/mol. The summed E-state index contributed by atoms with van der Waals surface area (Å²) in [4.78, 5) is 11.4. The zero-order valence-electron chi connectivity index (χ0n) is 11.0. The number of benzene rings is 1. The lowest BCUT2D eigenvalue weighted by Gasteiger charge is -2.13. The van der Waals surface area contributed by atoms with Crippen molar-refractivity contribution in [2.24, 2.45) is 0 Å². The van der Waals surface area contributed by atoms with Crippen LogP contribution in [0.5, 0.6) is 5.75 Å². The van der Waals surface area contributed by atoms with Crippen molar-refractivity contribution in [2.45, 2.75) is 6.92 Å². The first-order valence-electron chi connectivity index (χ1n) is 5.79. The Labute approximate surface area is 112 Å². The van der Waals surface area contributed by atoms with Crippen molar-refractivity contribution in [3.63, 3.8) is 0 Å². The Bertz CT molecular complexity index is 518. The molecule has 0 aromatic heterocycles. The van der Waals surface area contributed by atoms with Crippen molar-refractivity contribution in [3.8, 4) is 11.8 Å². The molecule has 0 spiro atoms. The Morgan fingerprint density at radius 3 is 2.84 bits per heavy atom. The molecule has 100 valence electrons.